The summed E-state index contributed by atoms with van der Waals surface area (Å²) in [7, 11) is -3.83. The molecule has 0 radical (unpaired) electrons. The molecule has 0 spiro atoms. The maximum Gasteiger partial charge on any atom is 0.435 e. The predicted octanol–water partition coefficient (Wildman–Crippen LogP) is 3.63. The van der Waals surface area contributed by atoms with E-state index in [1.54, 1.807) is 45.0 Å². The molecule has 13 heteroatoms. The molecule has 1 aromatic carbocycles. The highest BCUT2D eigenvalue weighted by Gasteiger charge is 2.44. The van der Waals surface area contributed by atoms with Crippen molar-refractivity contribution in [2.45, 2.75) is 44.2 Å². The Morgan fingerprint density at radius 3 is 2.16 bits per heavy atom. The number of hydrogen-bond acceptors (Lipinski definition) is 4. The summed E-state index contributed by atoms with van der Waals surface area (Å²) in [6, 6.07) is 7.23. The van der Waals surface area contributed by atoms with Gasteiger partial charge in [0.05, 0.1) is 27.0 Å². The molecule has 1 N–H and O–H groups in total. The third-order valence-electron chi connectivity index (χ3n) is 4.42. The van der Waals surface area contributed by atoms with Crippen LogP contribution in [-0.2, 0) is 32.9 Å². The Kier molecular flexibility index (Phi) is 7.19. The highest BCUT2D eigenvalue weighted by atomic mass is 79.9. The van der Waals surface area contributed by atoms with Crippen LogP contribution in [0.1, 0.15) is 44.6 Å². The van der Waals surface area contributed by atoms with Gasteiger partial charge in [-0.1, -0.05) is 28.1 Å². The zero-order valence-corrected chi connectivity index (χ0v) is 21.0. The zero-order valence-electron chi connectivity index (χ0n) is 17.8. The number of aromatic nitrogens is 2. The van der Waals surface area contributed by atoms with Gasteiger partial charge in [0.2, 0.25) is 0 Å². The van der Waals surface area contributed by atoms with E-state index in [0.29, 0.717) is 20.2 Å². The number of alkyl halides is 3. The summed E-state index contributed by atoms with van der Waals surface area (Å²) < 4.78 is 83.0. The summed E-state index contributed by atoms with van der Waals surface area (Å²) in [5, 5.41) is 3.37. The topological polar surface area (TPSA) is 84.3 Å². The Bertz CT molecular complexity index is 1100. The summed E-state index contributed by atoms with van der Waals surface area (Å²) in [5.74, 6) is 0. The van der Waals surface area contributed by atoms with Crippen LogP contribution in [0.4, 0.5) is 13.2 Å². The van der Waals surface area contributed by atoms with Gasteiger partial charge in [-0.15, -0.1) is 4.09 Å². The van der Waals surface area contributed by atoms with Crippen LogP contribution in [0, 0.1) is 0 Å². The average molecular weight is 545 g/mol. The first-order chi connectivity index (χ1) is 13.9. The molecule has 0 bridgehead atoms. The van der Waals surface area contributed by atoms with E-state index < -0.39 is 43.4 Å². The number of halogens is 4. The molecule has 0 saturated carbocycles. The van der Waals surface area contributed by atoms with E-state index >= 15 is 0 Å². The third-order valence-corrected chi connectivity index (χ3v) is 8.25. The van der Waals surface area contributed by atoms with Gasteiger partial charge in [0.1, 0.15) is 0 Å². The molecule has 0 aliphatic carbocycles. The molecule has 0 aliphatic heterocycles. The lowest BCUT2D eigenvalue weighted by Gasteiger charge is -2.34. The molecular formula is C18H24BrF3N4O3S2. The molecule has 0 amide bonds. The molecule has 2 unspecified atom stereocenters. The fraction of sp³-hybridized carbons (Fsp3) is 0.500. The maximum atomic E-state index is 13.5. The van der Waals surface area contributed by atoms with Crippen molar-refractivity contribution in [1.29, 1.82) is 0 Å². The summed E-state index contributed by atoms with van der Waals surface area (Å²) in [6.07, 6.45) is -4.89. The second kappa shape index (κ2) is 8.58. The van der Waals surface area contributed by atoms with Gasteiger partial charge in [0.15, 0.2) is 5.69 Å². The zero-order chi connectivity index (χ0) is 24.0. The molecule has 0 fully saturated rings. The molecule has 0 saturated heterocycles. The van der Waals surface area contributed by atoms with Gasteiger partial charge >= 0.3 is 16.4 Å². The lowest BCUT2D eigenvalue weighted by Crippen LogP contribution is -2.49. The Morgan fingerprint density at radius 1 is 1.13 bits per heavy atom. The number of nitrogens with one attached hydrogen (secondary N) is 1. The van der Waals surface area contributed by atoms with E-state index in [9.17, 15) is 25.8 Å². The molecular weight excluding hydrogens is 521 g/mol. The van der Waals surface area contributed by atoms with Crippen LogP contribution >= 0.6 is 15.9 Å². The number of nitrogens with zero attached hydrogens (tertiary/aromatic N) is 3. The summed E-state index contributed by atoms with van der Waals surface area (Å²) in [6.45, 7) is 6.53. The van der Waals surface area contributed by atoms with Crippen molar-refractivity contribution in [2.75, 3.05) is 14.1 Å². The number of rotatable bonds is 6. The lowest BCUT2D eigenvalue weighted by atomic mass is 9.89. The normalized spacial score (nSPS) is 16.4. The van der Waals surface area contributed by atoms with Crippen LogP contribution in [0.5, 0.6) is 0 Å². The van der Waals surface area contributed by atoms with E-state index in [0.717, 1.165) is 4.31 Å². The summed E-state index contributed by atoms with van der Waals surface area (Å²) in [5.41, 5.74) is -2.92. The Morgan fingerprint density at radius 2 is 1.71 bits per heavy atom. The van der Waals surface area contributed by atoms with E-state index in [1.807, 2.05) is 0 Å². The molecule has 0 aliphatic rings. The van der Waals surface area contributed by atoms with E-state index in [-0.39, 0.29) is 5.69 Å². The monoisotopic (exact) mass is 544 g/mol. The quantitative estimate of drug-likeness (QED) is 0.601. The van der Waals surface area contributed by atoms with Crippen molar-refractivity contribution in [3.63, 3.8) is 0 Å². The van der Waals surface area contributed by atoms with Crippen LogP contribution in [0.3, 0.4) is 0 Å². The molecule has 1 heterocycles. The smallest absolute Gasteiger partial charge is 0.242 e. The minimum absolute atomic E-state index is 0.329. The number of hydrogen-bond donors (Lipinski definition) is 1. The highest BCUT2D eigenvalue weighted by Crippen LogP contribution is 2.37. The van der Waals surface area contributed by atoms with Crippen molar-refractivity contribution in [3.8, 4) is 0 Å². The minimum Gasteiger partial charge on any atom is -0.242 e. The summed E-state index contributed by atoms with van der Waals surface area (Å²) in [4.78, 5) is 0. The van der Waals surface area contributed by atoms with E-state index in [2.05, 4.69) is 25.8 Å². The van der Waals surface area contributed by atoms with Gasteiger partial charge in [-0.05, 0) is 51.5 Å². The van der Waals surface area contributed by atoms with Crippen LogP contribution in [0.25, 0.3) is 0 Å². The van der Waals surface area contributed by atoms with Crippen LogP contribution in [0.15, 0.2) is 34.8 Å². The predicted molar refractivity (Wildman–Crippen MR) is 117 cm³/mol. The van der Waals surface area contributed by atoms with Crippen molar-refractivity contribution < 1.29 is 25.8 Å². The van der Waals surface area contributed by atoms with Crippen molar-refractivity contribution in [2.24, 2.45) is 0 Å². The Labute approximate surface area is 190 Å². The summed E-state index contributed by atoms with van der Waals surface area (Å²) >= 11 is 3.32. The minimum atomic E-state index is -4.89. The first-order valence-corrected chi connectivity index (χ1v) is 12.3. The molecule has 1 aromatic heterocycles. The molecule has 2 aromatic rings. The molecule has 2 atom stereocenters. The standard InChI is InChI=1S/C18H24BrF3N4O3S2/c1-16(2,3)30(27)24-17(4,12-8-7-9-13(19)10-12)15-11-14(18(20,21)22)23-26(15)31(28,29)25(5)6/h7-11,24H,1-6H3. The molecule has 7 nitrogen and oxygen atoms in total. The molecule has 2 rings (SSSR count). The van der Waals surface area contributed by atoms with Crippen molar-refractivity contribution in [1.82, 2.24) is 18.2 Å². The third kappa shape index (κ3) is 5.38. The SMILES string of the molecule is CN(C)S(=O)(=O)n1nc(C(F)(F)F)cc1C(C)(NS(=O)C(C)(C)C)c1cccc(Br)c1. The average Bonchev–Trinajstić information content (AvgIpc) is 3.07. The second-order valence-corrected chi connectivity index (χ2v) is 13.0. The van der Waals surface area contributed by atoms with Crippen LogP contribution in [-0.4, -0.2) is 45.0 Å². The fourth-order valence-electron chi connectivity index (χ4n) is 2.57. The van der Waals surface area contributed by atoms with Gasteiger partial charge in [-0.25, -0.2) is 8.93 Å². The van der Waals surface area contributed by atoms with E-state index in [1.165, 1.54) is 21.0 Å². The van der Waals surface area contributed by atoms with Crippen molar-refractivity contribution >= 4 is 37.1 Å². The van der Waals surface area contributed by atoms with Gasteiger partial charge in [-0.2, -0.15) is 31.0 Å². The van der Waals surface area contributed by atoms with Gasteiger partial charge in [0.25, 0.3) is 0 Å². The molecule has 174 valence electrons. The Balaban J connectivity index is 2.91. The molecule has 31 heavy (non-hydrogen) atoms. The lowest BCUT2D eigenvalue weighted by molar-refractivity contribution is -0.141. The van der Waals surface area contributed by atoms with Gasteiger partial charge in [0, 0.05) is 18.6 Å². The van der Waals surface area contributed by atoms with Crippen molar-refractivity contribution in [3.05, 3.63) is 51.8 Å². The van der Waals surface area contributed by atoms with Crippen LogP contribution < -0.4 is 4.72 Å². The first-order valence-electron chi connectivity index (χ1n) is 8.97. The number of benzene rings is 1. The Hall–Kier alpha value is -1.28. The van der Waals surface area contributed by atoms with E-state index in [4.69, 9.17) is 0 Å². The highest BCUT2D eigenvalue weighted by molar-refractivity contribution is 9.10. The van der Waals surface area contributed by atoms with Gasteiger partial charge in [-0.3, -0.25) is 0 Å². The maximum absolute atomic E-state index is 13.5. The second-order valence-electron chi connectivity index (χ2n) is 8.16. The largest absolute Gasteiger partial charge is 0.435 e. The van der Waals surface area contributed by atoms with Crippen LogP contribution in [0.2, 0.25) is 0 Å². The first kappa shape index (κ1) is 26.0. The fourth-order valence-corrected chi connectivity index (χ4v) is 4.85. The van der Waals surface area contributed by atoms with Gasteiger partial charge < -0.3 is 0 Å².